The fourth-order valence-corrected chi connectivity index (χ4v) is 3.02. The quantitative estimate of drug-likeness (QED) is 0.676. The Bertz CT molecular complexity index is 754. The monoisotopic (exact) mass is 359 g/mol. The molecule has 0 spiro atoms. The molecule has 2 aromatic rings. The van der Waals surface area contributed by atoms with Crippen molar-refractivity contribution in [2.75, 3.05) is 0 Å². The number of rotatable bonds is 7. The van der Waals surface area contributed by atoms with Crippen molar-refractivity contribution in [3.8, 4) is 0 Å². The van der Waals surface area contributed by atoms with Gasteiger partial charge in [0.15, 0.2) is 5.78 Å². The Morgan fingerprint density at radius 2 is 1.76 bits per heavy atom. The number of hydrogen-bond acceptors (Lipinski definition) is 2. The Morgan fingerprint density at radius 1 is 1.04 bits per heavy atom. The molecule has 0 heterocycles. The van der Waals surface area contributed by atoms with Gasteiger partial charge in [-0.25, -0.2) is 4.39 Å². The summed E-state index contributed by atoms with van der Waals surface area (Å²) in [6, 6.07) is 13.5. The number of carbonyl (C=O) groups excluding carboxylic acids is 2. The highest BCUT2D eigenvalue weighted by atomic mass is 35.5. The number of ketones is 1. The van der Waals surface area contributed by atoms with Crippen LogP contribution in [0.1, 0.15) is 41.6 Å². The van der Waals surface area contributed by atoms with Crippen LogP contribution in [0, 0.1) is 5.82 Å². The van der Waals surface area contributed by atoms with Crippen LogP contribution in [0.15, 0.2) is 48.5 Å². The van der Waals surface area contributed by atoms with Crippen molar-refractivity contribution in [2.45, 2.75) is 38.3 Å². The van der Waals surface area contributed by atoms with Crippen LogP contribution in [0.4, 0.5) is 4.39 Å². The van der Waals surface area contributed by atoms with E-state index >= 15 is 0 Å². The first kappa shape index (κ1) is 17.6. The highest BCUT2D eigenvalue weighted by molar-refractivity contribution is 6.31. The van der Waals surface area contributed by atoms with Crippen LogP contribution in [-0.4, -0.2) is 22.6 Å². The Kier molecular flexibility index (Phi) is 5.49. The summed E-state index contributed by atoms with van der Waals surface area (Å²) >= 11 is 6.08. The second-order valence-electron chi connectivity index (χ2n) is 6.24. The predicted octanol–water partition coefficient (Wildman–Crippen LogP) is 4.63. The van der Waals surface area contributed by atoms with Crippen LogP contribution in [0.5, 0.6) is 0 Å². The van der Waals surface area contributed by atoms with Gasteiger partial charge < -0.3 is 4.90 Å². The number of hydrogen-bond donors (Lipinski definition) is 0. The van der Waals surface area contributed by atoms with E-state index in [1.807, 2.05) is 6.07 Å². The molecule has 0 bridgehead atoms. The molecule has 1 fully saturated rings. The van der Waals surface area contributed by atoms with E-state index in [4.69, 9.17) is 11.6 Å². The van der Waals surface area contributed by atoms with E-state index < -0.39 is 5.82 Å². The minimum atomic E-state index is -0.411. The number of carbonyl (C=O) groups is 2. The Balaban J connectivity index is 1.65. The zero-order valence-electron chi connectivity index (χ0n) is 13.8. The van der Waals surface area contributed by atoms with E-state index in [0.717, 1.165) is 12.8 Å². The Morgan fingerprint density at radius 3 is 2.40 bits per heavy atom. The highest BCUT2D eigenvalue weighted by Gasteiger charge is 2.33. The average Bonchev–Trinajstić information content (AvgIpc) is 3.45. The molecule has 0 aliphatic heterocycles. The molecule has 130 valence electrons. The largest absolute Gasteiger partial charge is 0.335 e. The molecule has 0 radical (unpaired) electrons. The molecule has 1 aliphatic carbocycles. The minimum Gasteiger partial charge on any atom is -0.335 e. The number of amides is 1. The van der Waals surface area contributed by atoms with Gasteiger partial charge in [0.2, 0.25) is 5.91 Å². The third kappa shape index (κ3) is 4.45. The molecule has 1 saturated carbocycles. The van der Waals surface area contributed by atoms with Gasteiger partial charge in [-0.15, -0.1) is 0 Å². The highest BCUT2D eigenvalue weighted by Crippen LogP contribution is 2.31. The van der Waals surface area contributed by atoms with E-state index in [0.29, 0.717) is 16.1 Å². The summed E-state index contributed by atoms with van der Waals surface area (Å²) in [6.07, 6.45) is 2.09. The molecule has 0 N–H and O–H groups in total. The first-order valence-corrected chi connectivity index (χ1v) is 8.74. The number of benzene rings is 2. The lowest BCUT2D eigenvalue weighted by Gasteiger charge is -2.23. The number of nitrogens with zero attached hydrogens (tertiary/aromatic N) is 1. The fraction of sp³-hybridized carbons (Fsp3) is 0.300. The molecule has 5 heteroatoms. The van der Waals surface area contributed by atoms with E-state index in [-0.39, 0.29) is 37.1 Å². The molecule has 1 amide bonds. The maximum atomic E-state index is 14.0. The van der Waals surface area contributed by atoms with Crippen LogP contribution in [-0.2, 0) is 11.3 Å². The first-order chi connectivity index (χ1) is 12.1. The lowest BCUT2D eigenvalue weighted by Crippen LogP contribution is -2.33. The predicted molar refractivity (Wildman–Crippen MR) is 95.0 cm³/mol. The van der Waals surface area contributed by atoms with Gasteiger partial charge in [-0.3, -0.25) is 9.59 Å². The second-order valence-corrected chi connectivity index (χ2v) is 6.65. The first-order valence-electron chi connectivity index (χ1n) is 8.37. The number of halogens is 2. The van der Waals surface area contributed by atoms with Crippen molar-refractivity contribution < 1.29 is 14.0 Å². The normalized spacial score (nSPS) is 13.5. The van der Waals surface area contributed by atoms with Gasteiger partial charge in [0.1, 0.15) is 5.82 Å². The topological polar surface area (TPSA) is 37.4 Å². The van der Waals surface area contributed by atoms with Crippen LogP contribution in [0.25, 0.3) is 0 Å². The van der Waals surface area contributed by atoms with Crippen molar-refractivity contribution in [3.63, 3.8) is 0 Å². The van der Waals surface area contributed by atoms with Crippen molar-refractivity contribution in [1.82, 2.24) is 4.90 Å². The van der Waals surface area contributed by atoms with Gasteiger partial charge in [0.05, 0.1) is 6.54 Å². The summed E-state index contributed by atoms with van der Waals surface area (Å²) in [6.45, 7) is 0.147. The lowest BCUT2D eigenvalue weighted by molar-refractivity contribution is -0.132. The van der Waals surface area contributed by atoms with E-state index in [9.17, 15) is 14.0 Å². The average molecular weight is 360 g/mol. The summed E-state index contributed by atoms with van der Waals surface area (Å²) in [7, 11) is 0. The summed E-state index contributed by atoms with van der Waals surface area (Å²) in [4.78, 5) is 26.4. The molecule has 0 unspecified atom stereocenters. The van der Waals surface area contributed by atoms with Crippen molar-refractivity contribution >= 4 is 23.3 Å². The van der Waals surface area contributed by atoms with Gasteiger partial charge >= 0.3 is 0 Å². The second kappa shape index (κ2) is 7.79. The minimum absolute atomic E-state index is 0.0615. The van der Waals surface area contributed by atoms with Crippen LogP contribution in [0.3, 0.4) is 0 Å². The molecule has 2 aromatic carbocycles. The molecule has 0 saturated heterocycles. The standard InChI is InChI=1S/C20H19ClFNO2/c21-17-7-4-8-18(22)16(17)13-23(15-9-10-15)20(25)12-11-19(24)14-5-2-1-3-6-14/h1-8,15H,9-13H2. The van der Waals surface area contributed by atoms with Gasteiger partial charge in [-0.2, -0.15) is 0 Å². The zero-order chi connectivity index (χ0) is 17.8. The fourth-order valence-electron chi connectivity index (χ4n) is 2.79. The smallest absolute Gasteiger partial charge is 0.223 e. The van der Waals surface area contributed by atoms with Crippen molar-refractivity contribution in [1.29, 1.82) is 0 Å². The molecular weight excluding hydrogens is 341 g/mol. The van der Waals surface area contributed by atoms with Gasteiger partial charge in [-0.05, 0) is 25.0 Å². The maximum absolute atomic E-state index is 14.0. The molecule has 3 nitrogen and oxygen atoms in total. The zero-order valence-corrected chi connectivity index (χ0v) is 14.5. The summed E-state index contributed by atoms with van der Waals surface area (Å²) in [5.74, 6) is -0.606. The van der Waals surface area contributed by atoms with E-state index in [2.05, 4.69) is 0 Å². The Hall–Kier alpha value is -2.20. The summed E-state index contributed by atoms with van der Waals surface area (Å²) in [5.41, 5.74) is 0.934. The Labute approximate surface area is 151 Å². The third-order valence-corrected chi connectivity index (χ3v) is 4.71. The summed E-state index contributed by atoms with van der Waals surface area (Å²) < 4.78 is 14.0. The maximum Gasteiger partial charge on any atom is 0.223 e. The lowest BCUT2D eigenvalue weighted by atomic mass is 10.1. The molecule has 3 rings (SSSR count). The van der Waals surface area contributed by atoms with Gasteiger partial charge in [0.25, 0.3) is 0 Å². The molecule has 25 heavy (non-hydrogen) atoms. The van der Waals surface area contributed by atoms with E-state index in [1.165, 1.54) is 6.07 Å². The molecule has 0 aromatic heterocycles. The van der Waals surface area contributed by atoms with E-state index in [1.54, 1.807) is 41.3 Å². The number of Topliss-reactive ketones (excluding diaryl/α,β-unsaturated/α-hetero) is 1. The van der Waals surface area contributed by atoms with Crippen LogP contribution < -0.4 is 0 Å². The molecule has 0 atom stereocenters. The molecule has 1 aliphatic rings. The van der Waals surface area contributed by atoms with Crippen molar-refractivity contribution in [2.24, 2.45) is 0 Å². The van der Waals surface area contributed by atoms with Crippen LogP contribution in [0.2, 0.25) is 5.02 Å². The molecular formula is C20H19ClFNO2. The third-order valence-electron chi connectivity index (χ3n) is 4.36. The van der Waals surface area contributed by atoms with Crippen molar-refractivity contribution in [3.05, 3.63) is 70.5 Å². The van der Waals surface area contributed by atoms with Gasteiger partial charge in [0, 0.05) is 35.0 Å². The van der Waals surface area contributed by atoms with Gasteiger partial charge in [-0.1, -0.05) is 48.0 Å². The van der Waals surface area contributed by atoms with Crippen LogP contribution >= 0.6 is 11.6 Å². The summed E-state index contributed by atoms with van der Waals surface area (Å²) in [5, 5.41) is 0.318. The SMILES string of the molecule is O=C(CCC(=O)N(Cc1c(F)cccc1Cl)C1CC1)c1ccccc1.